The summed E-state index contributed by atoms with van der Waals surface area (Å²) in [6, 6.07) is 15.8. The van der Waals surface area contributed by atoms with Gasteiger partial charge in [0.05, 0.1) is 12.2 Å². The van der Waals surface area contributed by atoms with Crippen LogP contribution in [-0.2, 0) is 0 Å². The summed E-state index contributed by atoms with van der Waals surface area (Å²) in [6.07, 6.45) is -0.377. The molecule has 0 heterocycles. The van der Waals surface area contributed by atoms with Crippen LogP contribution in [0.4, 0.5) is 0 Å². The Hall–Kier alpha value is -0.970. The van der Waals surface area contributed by atoms with Crippen LogP contribution in [0.5, 0.6) is 5.75 Å². The number of thioether (sulfide) groups is 1. The lowest BCUT2D eigenvalue weighted by Crippen LogP contribution is -2.07. The smallest absolute Gasteiger partial charge is 0.120 e. The Morgan fingerprint density at radius 1 is 1.14 bits per heavy atom. The van der Waals surface area contributed by atoms with Crippen molar-refractivity contribution in [1.29, 1.82) is 0 Å². The normalized spacial score (nSPS) is 12.4. The molecule has 0 saturated carbocycles. The first-order chi connectivity index (χ1) is 10.0. The molecule has 112 valence electrons. The zero-order valence-corrected chi connectivity index (χ0v) is 14.5. The molecule has 2 rings (SSSR count). The maximum absolute atomic E-state index is 10.3. The van der Waals surface area contributed by atoms with Gasteiger partial charge in [-0.25, -0.2) is 0 Å². The van der Waals surface area contributed by atoms with Gasteiger partial charge in [0.1, 0.15) is 5.75 Å². The predicted octanol–water partition coefficient (Wildman–Crippen LogP) is 5.06. The van der Waals surface area contributed by atoms with Crippen LogP contribution < -0.4 is 4.74 Å². The summed E-state index contributed by atoms with van der Waals surface area (Å²) in [6.45, 7) is 3.98. The summed E-state index contributed by atoms with van der Waals surface area (Å²) in [7, 11) is 0. The van der Waals surface area contributed by atoms with Crippen molar-refractivity contribution < 1.29 is 9.84 Å². The van der Waals surface area contributed by atoms with Crippen LogP contribution in [0.15, 0.2) is 57.9 Å². The van der Waals surface area contributed by atoms with Crippen molar-refractivity contribution in [2.75, 3.05) is 5.75 Å². The minimum Gasteiger partial charge on any atom is -0.491 e. The fourth-order valence-corrected chi connectivity index (χ4v) is 3.37. The molecule has 1 N–H and O–H groups in total. The largest absolute Gasteiger partial charge is 0.491 e. The van der Waals surface area contributed by atoms with Gasteiger partial charge < -0.3 is 9.84 Å². The molecule has 1 unspecified atom stereocenters. The predicted molar refractivity (Wildman–Crippen MR) is 92.0 cm³/mol. The van der Waals surface area contributed by atoms with Gasteiger partial charge in [0.25, 0.3) is 0 Å². The zero-order chi connectivity index (χ0) is 15.2. The topological polar surface area (TPSA) is 29.5 Å². The molecule has 2 nitrogen and oxygen atoms in total. The molecule has 2 aromatic rings. The van der Waals surface area contributed by atoms with E-state index in [1.807, 2.05) is 56.3 Å². The van der Waals surface area contributed by atoms with Crippen LogP contribution in [0, 0.1) is 0 Å². The average Bonchev–Trinajstić information content (AvgIpc) is 2.44. The van der Waals surface area contributed by atoms with Crippen LogP contribution in [0.2, 0.25) is 0 Å². The fourth-order valence-electron chi connectivity index (χ4n) is 1.90. The minimum absolute atomic E-state index is 0.133. The van der Waals surface area contributed by atoms with Gasteiger partial charge in [0.2, 0.25) is 0 Å². The Labute approximate surface area is 138 Å². The Bertz CT molecular complexity index is 587. The Morgan fingerprint density at radius 3 is 2.62 bits per heavy atom. The van der Waals surface area contributed by atoms with E-state index in [4.69, 9.17) is 4.74 Å². The van der Waals surface area contributed by atoms with Crippen molar-refractivity contribution in [1.82, 2.24) is 0 Å². The molecule has 2 aromatic carbocycles. The van der Waals surface area contributed by atoms with Crippen molar-refractivity contribution in [3.8, 4) is 5.75 Å². The lowest BCUT2D eigenvalue weighted by Gasteiger charge is -2.14. The van der Waals surface area contributed by atoms with Crippen molar-refractivity contribution in [2.45, 2.75) is 31.0 Å². The molecular formula is C17H19BrO2S. The maximum Gasteiger partial charge on any atom is 0.120 e. The molecule has 0 aliphatic rings. The van der Waals surface area contributed by atoms with E-state index in [-0.39, 0.29) is 6.10 Å². The second-order valence-electron chi connectivity index (χ2n) is 5.02. The summed E-state index contributed by atoms with van der Waals surface area (Å²) in [5.74, 6) is 1.41. The SMILES string of the molecule is CC(C)Oc1cccc(C(O)CSc2cccc(Br)c2)c1. The Kier molecular flexibility index (Phi) is 6.15. The first-order valence-electron chi connectivity index (χ1n) is 6.87. The van der Waals surface area contributed by atoms with Gasteiger partial charge in [0.15, 0.2) is 0 Å². The fraction of sp³-hybridized carbons (Fsp3) is 0.294. The molecule has 0 spiro atoms. The van der Waals surface area contributed by atoms with Crippen molar-refractivity contribution in [2.24, 2.45) is 0 Å². The van der Waals surface area contributed by atoms with E-state index in [1.165, 1.54) is 0 Å². The molecule has 0 bridgehead atoms. The molecule has 0 aliphatic carbocycles. The first kappa shape index (κ1) is 16.4. The van der Waals surface area contributed by atoms with Gasteiger partial charge in [0, 0.05) is 15.1 Å². The number of aliphatic hydroxyl groups excluding tert-OH is 1. The van der Waals surface area contributed by atoms with Crippen LogP contribution in [0.3, 0.4) is 0 Å². The Morgan fingerprint density at radius 2 is 1.90 bits per heavy atom. The van der Waals surface area contributed by atoms with E-state index in [9.17, 15) is 5.11 Å². The first-order valence-corrected chi connectivity index (χ1v) is 8.65. The molecule has 0 fully saturated rings. The highest BCUT2D eigenvalue weighted by molar-refractivity contribution is 9.10. The lowest BCUT2D eigenvalue weighted by molar-refractivity contribution is 0.201. The van der Waals surface area contributed by atoms with Gasteiger partial charge in [-0.2, -0.15) is 0 Å². The second-order valence-corrected chi connectivity index (χ2v) is 7.03. The van der Waals surface area contributed by atoms with E-state index in [0.29, 0.717) is 5.75 Å². The molecule has 21 heavy (non-hydrogen) atoms. The monoisotopic (exact) mass is 366 g/mol. The zero-order valence-electron chi connectivity index (χ0n) is 12.1. The molecule has 0 saturated heterocycles. The van der Waals surface area contributed by atoms with Crippen LogP contribution in [0.1, 0.15) is 25.5 Å². The summed E-state index contributed by atoms with van der Waals surface area (Å²) >= 11 is 5.09. The third-order valence-corrected chi connectivity index (χ3v) is 4.38. The highest BCUT2D eigenvalue weighted by Crippen LogP contribution is 2.28. The number of ether oxygens (including phenoxy) is 1. The van der Waals surface area contributed by atoms with Gasteiger partial charge in [-0.15, -0.1) is 11.8 Å². The standard InChI is InChI=1S/C17H19BrO2S/c1-12(2)20-15-7-3-5-13(9-15)17(19)11-21-16-8-4-6-14(18)10-16/h3-10,12,17,19H,11H2,1-2H3. The van der Waals surface area contributed by atoms with Crippen molar-refractivity contribution >= 4 is 27.7 Å². The van der Waals surface area contributed by atoms with Crippen LogP contribution >= 0.6 is 27.7 Å². The Balaban J connectivity index is 1.98. The van der Waals surface area contributed by atoms with Crippen molar-refractivity contribution in [3.63, 3.8) is 0 Å². The van der Waals surface area contributed by atoms with Crippen LogP contribution in [-0.4, -0.2) is 17.0 Å². The van der Waals surface area contributed by atoms with Gasteiger partial charge in [-0.1, -0.05) is 34.1 Å². The number of rotatable bonds is 6. The van der Waals surface area contributed by atoms with Gasteiger partial charge in [-0.3, -0.25) is 0 Å². The number of hydrogen-bond donors (Lipinski definition) is 1. The summed E-state index contributed by atoms with van der Waals surface area (Å²) < 4.78 is 6.71. The van der Waals surface area contributed by atoms with E-state index in [0.717, 1.165) is 20.7 Å². The summed E-state index contributed by atoms with van der Waals surface area (Å²) in [5.41, 5.74) is 0.885. The third-order valence-electron chi connectivity index (χ3n) is 2.82. The number of aliphatic hydroxyl groups is 1. The lowest BCUT2D eigenvalue weighted by atomic mass is 10.1. The second kappa shape index (κ2) is 7.87. The van der Waals surface area contributed by atoms with Crippen LogP contribution in [0.25, 0.3) is 0 Å². The summed E-state index contributed by atoms with van der Waals surface area (Å²) in [4.78, 5) is 1.14. The number of hydrogen-bond acceptors (Lipinski definition) is 3. The average molecular weight is 367 g/mol. The quantitative estimate of drug-likeness (QED) is 0.724. The molecular weight excluding hydrogens is 348 g/mol. The maximum atomic E-state index is 10.3. The molecule has 0 radical (unpaired) electrons. The highest BCUT2D eigenvalue weighted by atomic mass is 79.9. The highest BCUT2D eigenvalue weighted by Gasteiger charge is 2.10. The van der Waals surface area contributed by atoms with Crippen molar-refractivity contribution in [3.05, 3.63) is 58.6 Å². The molecule has 1 atom stereocenters. The molecule has 4 heteroatoms. The molecule has 0 aliphatic heterocycles. The summed E-state index contributed by atoms with van der Waals surface area (Å²) in [5, 5.41) is 10.3. The number of halogens is 1. The van der Waals surface area contributed by atoms with E-state index < -0.39 is 6.10 Å². The number of benzene rings is 2. The molecule has 0 amide bonds. The van der Waals surface area contributed by atoms with E-state index in [2.05, 4.69) is 22.0 Å². The minimum atomic E-state index is -0.510. The van der Waals surface area contributed by atoms with E-state index >= 15 is 0 Å². The van der Waals surface area contributed by atoms with Gasteiger partial charge in [-0.05, 0) is 49.7 Å². The molecule has 0 aromatic heterocycles. The van der Waals surface area contributed by atoms with Gasteiger partial charge >= 0.3 is 0 Å². The third kappa shape index (κ3) is 5.38. The van der Waals surface area contributed by atoms with E-state index in [1.54, 1.807) is 11.8 Å².